The SMILES string of the molecule is Cc1cc(Br)ccc1NC(=O)c1ccccc1Oc1ccccc1. The summed E-state index contributed by atoms with van der Waals surface area (Å²) in [6, 6.07) is 22.4. The van der Waals surface area contributed by atoms with Gasteiger partial charge in [0.15, 0.2) is 0 Å². The van der Waals surface area contributed by atoms with Gasteiger partial charge in [0.2, 0.25) is 0 Å². The Morgan fingerprint density at radius 3 is 2.42 bits per heavy atom. The number of amides is 1. The van der Waals surface area contributed by atoms with E-state index in [-0.39, 0.29) is 5.91 Å². The van der Waals surface area contributed by atoms with Gasteiger partial charge in [0.25, 0.3) is 5.91 Å². The van der Waals surface area contributed by atoms with Crippen LogP contribution in [-0.4, -0.2) is 5.91 Å². The van der Waals surface area contributed by atoms with Crippen molar-refractivity contribution in [2.75, 3.05) is 5.32 Å². The number of anilines is 1. The maximum Gasteiger partial charge on any atom is 0.259 e. The van der Waals surface area contributed by atoms with Crippen LogP contribution in [0.25, 0.3) is 0 Å². The topological polar surface area (TPSA) is 38.3 Å². The minimum atomic E-state index is -0.202. The number of benzene rings is 3. The molecule has 4 heteroatoms. The van der Waals surface area contributed by atoms with Crippen LogP contribution in [0, 0.1) is 6.92 Å². The Kier molecular flexibility index (Phi) is 4.96. The number of hydrogen-bond donors (Lipinski definition) is 1. The second-order valence-corrected chi connectivity index (χ2v) is 6.24. The van der Waals surface area contributed by atoms with Crippen LogP contribution in [0.5, 0.6) is 11.5 Å². The largest absolute Gasteiger partial charge is 0.457 e. The molecule has 120 valence electrons. The fraction of sp³-hybridized carbons (Fsp3) is 0.0500. The van der Waals surface area contributed by atoms with E-state index in [0.29, 0.717) is 17.1 Å². The maximum absolute atomic E-state index is 12.7. The van der Waals surface area contributed by atoms with Gasteiger partial charge in [0.05, 0.1) is 5.56 Å². The Hall–Kier alpha value is -2.59. The van der Waals surface area contributed by atoms with E-state index in [1.165, 1.54) is 0 Å². The molecule has 24 heavy (non-hydrogen) atoms. The lowest BCUT2D eigenvalue weighted by atomic mass is 10.1. The summed E-state index contributed by atoms with van der Waals surface area (Å²) in [7, 11) is 0. The van der Waals surface area contributed by atoms with Crippen molar-refractivity contribution >= 4 is 27.5 Å². The molecule has 0 unspecified atom stereocenters. The van der Waals surface area contributed by atoms with E-state index in [9.17, 15) is 4.79 Å². The fourth-order valence-electron chi connectivity index (χ4n) is 2.32. The van der Waals surface area contributed by atoms with Crippen molar-refractivity contribution in [3.05, 3.63) is 88.4 Å². The summed E-state index contributed by atoms with van der Waals surface area (Å²) < 4.78 is 6.83. The molecule has 3 rings (SSSR count). The van der Waals surface area contributed by atoms with Crippen molar-refractivity contribution < 1.29 is 9.53 Å². The van der Waals surface area contributed by atoms with Gasteiger partial charge < -0.3 is 10.1 Å². The van der Waals surface area contributed by atoms with Crippen LogP contribution in [0.1, 0.15) is 15.9 Å². The van der Waals surface area contributed by atoms with Crippen molar-refractivity contribution in [3.8, 4) is 11.5 Å². The Morgan fingerprint density at radius 1 is 0.958 bits per heavy atom. The molecular weight excluding hydrogens is 366 g/mol. The summed E-state index contributed by atoms with van der Waals surface area (Å²) in [6.45, 7) is 1.95. The number of rotatable bonds is 4. The van der Waals surface area contributed by atoms with Crippen LogP contribution in [0.3, 0.4) is 0 Å². The smallest absolute Gasteiger partial charge is 0.259 e. The molecule has 0 heterocycles. The zero-order chi connectivity index (χ0) is 16.9. The molecule has 0 aliphatic heterocycles. The first kappa shape index (κ1) is 16.3. The Balaban J connectivity index is 1.85. The van der Waals surface area contributed by atoms with Gasteiger partial charge in [-0.2, -0.15) is 0 Å². The van der Waals surface area contributed by atoms with Gasteiger partial charge in [-0.25, -0.2) is 0 Å². The molecular formula is C20H16BrNO2. The molecule has 0 bridgehead atoms. The zero-order valence-electron chi connectivity index (χ0n) is 13.1. The molecule has 0 spiro atoms. The Labute approximate surface area is 149 Å². The predicted octanol–water partition coefficient (Wildman–Crippen LogP) is 5.80. The van der Waals surface area contributed by atoms with Crippen LogP contribution in [-0.2, 0) is 0 Å². The van der Waals surface area contributed by atoms with E-state index in [2.05, 4.69) is 21.2 Å². The quantitative estimate of drug-likeness (QED) is 0.619. The summed E-state index contributed by atoms with van der Waals surface area (Å²) in [4.78, 5) is 12.7. The summed E-state index contributed by atoms with van der Waals surface area (Å²) in [5, 5.41) is 2.94. The minimum absolute atomic E-state index is 0.202. The van der Waals surface area contributed by atoms with Crippen LogP contribution in [0.2, 0.25) is 0 Å². The van der Waals surface area contributed by atoms with Crippen molar-refractivity contribution in [2.24, 2.45) is 0 Å². The highest BCUT2D eigenvalue weighted by molar-refractivity contribution is 9.10. The Bertz CT molecular complexity index is 863. The molecule has 0 aromatic heterocycles. The van der Waals surface area contributed by atoms with Crippen molar-refractivity contribution in [1.29, 1.82) is 0 Å². The number of ether oxygens (including phenoxy) is 1. The highest BCUT2D eigenvalue weighted by Crippen LogP contribution is 2.27. The predicted molar refractivity (Wildman–Crippen MR) is 99.8 cm³/mol. The third-order valence-corrected chi connectivity index (χ3v) is 4.03. The molecule has 0 saturated heterocycles. The molecule has 1 amide bonds. The van der Waals surface area contributed by atoms with E-state index < -0.39 is 0 Å². The Morgan fingerprint density at radius 2 is 1.67 bits per heavy atom. The van der Waals surface area contributed by atoms with Crippen LogP contribution in [0.4, 0.5) is 5.69 Å². The van der Waals surface area contributed by atoms with Gasteiger partial charge in [0.1, 0.15) is 11.5 Å². The van der Waals surface area contributed by atoms with E-state index >= 15 is 0 Å². The summed E-state index contributed by atoms with van der Waals surface area (Å²) in [5.74, 6) is 1.01. The molecule has 0 saturated carbocycles. The molecule has 0 fully saturated rings. The lowest BCUT2D eigenvalue weighted by Crippen LogP contribution is -2.13. The number of carbonyl (C=O) groups is 1. The normalized spacial score (nSPS) is 10.2. The molecule has 1 N–H and O–H groups in total. The molecule has 0 aliphatic rings. The van der Waals surface area contributed by atoms with E-state index in [1.54, 1.807) is 12.1 Å². The van der Waals surface area contributed by atoms with E-state index in [0.717, 1.165) is 15.7 Å². The van der Waals surface area contributed by atoms with E-state index in [4.69, 9.17) is 4.74 Å². The van der Waals surface area contributed by atoms with Crippen LogP contribution in [0.15, 0.2) is 77.3 Å². The lowest BCUT2D eigenvalue weighted by Gasteiger charge is -2.12. The number of aryl methyl sites for hydroxylation is 1. The average Bonchev–Trinajstić information content (AvgIpc) is 2.59. The molecule has 0 aliphatic carbocycles. The van der Waals surface area contributed by atoms with Crippen LogP contribution >= 0.6 is 15.9 Å². The first-order valence-electron chi connectivity index (χ1n) is 7.53. The second kappa shape index (κ2) is 7.32. The molecule has 0 radical (unpaired) electrons. The second-order valence-electron chi connectivity index (χ2n) is 5.32. The van der Waals surface area contributed by atoms with Crippen molar-refractivity contribution in [1.82, 2.24) is 0 Å². The van der Waals surface area contributed by atoms with Gasteiger partial charge in [0, 0.05) is 10.2 Å². The number of halogens is 1. The minimum Gasteiger partial charge on any atom is -0.457 e. The van der Waals surface area contributed by atoms with Gasteiger partial charge in [-0.15, -0.1) is 0 Å². The fourth-order valence-corrected chi connectivity index (χ4v) is 2.79. The molecule has 3 aromatic rings. The average molecular weight is 382 g/mol. The molecule has 3 aromatic carbocycles. The number of para-hydroxylation sites is 2. The van der Waals surface area contributed by atoms with Gasteiger partial charge in [-0.05, 0) is 55.0 Å². The first-order valence-corrected chi connectivity index (χ1v) is 8.32. The summed E-state index contributed by atoms with van der Waals surface area (Å²) in [6.07, 6.45) is 0. The lowest BCUT2D eigenvalue weighted by molar-refractivity contribution is 0.102. The number of hydrogen-bond acceptors (Lipinski definition) is 2. The van der Waals surface area contributed by atoms with Crippen molar-refractivity contribution in [2.45, 2.75) is 6.92 Å². The first-order chi connectivity index (χ1) is 11.6. The third kappa shape index (κ3) is 3.84. The number of carbonyl (C=O) groups excluding carboxylic acids is 1. The third-order valence-electron chi connectivity index (χ3n) is 3.54. The number of nitrogens with one attached hydrogen (secondary N) is 1. The summed E-state index contributed by atoms with van der Waals surface area (Å²) in [5.41, 5.74) is 2.25. The maximum atomic E-state index is 12.7. The summed E-state index contributed by atoms with van der Waals surface area (Å²) >= 11 is 3.42. The van der Waals surface area contributed by atoms with Crippen LogP contribution < -0.4 is 10.1 Å². The van der Waals surface area contributed by atoms with Gasteiger partial charge >= 0.3 is 0 Å². The highest BCUT2D eigenvalue weighted by Gasteiger charge is 2.14. The molecule has 3 nitrogen and oxygen atoms in total. The van der Waals surface area contributed by atoms with Crippen molar-refractivity contribution in [3.63, 3.8) is 0 Å². The standard InChI is InChI=1S/C20H16BrNO2/c1-14-13-15(21)11-12-18(14)22-20(23)17-9-5-6-10-19(17)24-16-7-3-2-4-8-16/h2-13H,1H3,(H,22,23). The highest BCUT2D eigenvalue weighted by atomic mass is 79.9. The van der Waals surface area contributed by atoms with E-state index in [1.807, 2.05) is 67.6 Å². The van der Waals surface area contributed by atoms with Gasteiger partial charge in [-0.3, -0.25) is 4.79 Å². The molecule has 0 atom stereocenters. The monoisotopic (exact) mass is 381 g/mol. The van der Waals surface area contributed by atoms with Gasteiger partial charge in [-0.1, -0.05) is 46.3 Å². The zero-order valence-corrected chi connectivity index (χ0v) is 14.7.